The van der Waals surface area contributed by atoms with Crippen molar-refractivity contribution >= 4 is 5.91 Å². The lowest BCUT2D eigenvalue weighted by Gasteiger charge is -2.37. The minimum Gasteiger partial charge on any atom is -0.335 e. The van der Waals surface area contributed by atoms with Crippen molar-refractivity contribution in [1.29, 1.82) is 0 Å². The lowest BCUT2D eigenvalue weighted by Crippen LogP contribution is -2.45. The van der Waals surface area contributed by atoms with Gasteiger partial charge in [0.1, 0.15) is 5.82 Å². The summed E-state index contributed by atoms with van der Waals surface area (Å²) in [6.07, 6.45) is 7.40. The van der Waals surface area contributed by atoms with Crippen molar-refractivity contribution in [2.75, 3.05) is 6.54 Å². The van der Waals surface area contributed by atoms with Crippen LogP contribution in [0.2, 0.25) is 0 Å². The molecular formula is C22H25FN2O. The number of fused-ring (bicyclic) bond motifs is 1. The van der Waals surface area contributed by atoms with Gasteiger partial charge in [0.2, 0.25) is 0 Å². The van der Waals surface area contributed by atoms with Crippen LogP contribution in [0.1, 0.15) is 65.0 Å². The maximum Gasteiger partial charge on any atom is 0.255 e. The molecule has 2 heterocycles. The molecule has 4 heteroatoms. The molecule has 0 spiro atoms. The summed E-state index contributed by atoms with van der Waals surface area (Å²) in [4.78, 5) is 19.9. The highest BCUT2D eigenvalue weighted by Crippen LogP contribution is 2.28. The number of rotatable bonds is 3. The Hall–Kier alpha value is -2.23. The van der Waals surface area contributed by atoms with Gasteiger partial charge in [0.15, 0.2) is 0 Å². The second-order valence-electron chi connectivity index (χ2n) is 7.57. The van der Waals surface area contributed by atoms with Crippen LogP contribution in [0.4, 0.5) is 4.39 Å². The first-order valence-corrected chi connectivity index (χ1v) is 9.66. The van der Waals surface area contributed by atoms with Gasteiger partial charge < -0.3 is 4.90 Å². The van der Waals surface area contributed by atoms with Crippen molar-refractivity contribution in [2.24, 2.45) is 0 Å². The molecule has 0 atom stereocenters. The summed E-state index contributed by atoms with van der Waals surface area (Å²) in [5.74, 6) is -0.100. The number of aromatic nitrogens is 1. The van der Waals surface area contributed by atoms with Crippen molar-refractivity contribution in [3.8, 4) is 0 Å². The number of pyridine rings is 1. The van der Waals surface area contributed by atoms with E-state index in [2.05, 4.69) is 4.90 Å². The Balaban J connectivity index is 1.62. The lowest BCUT2D eigenvalue weighted by atomic mass is 9.91. The lowest BCUT2D eigenvalue weighted by molar-refractivity contribution is 0.0612. The normalized spacial score (nSPS) is 18.1. The van der Waals surface area contributed by atoms with Crippen molar-refractivity contribution < 1.29 is 9.18 Å². The van der Waals surface area contributed by atoms with Crippen LogP contribution in [0.25, 0.3) is 0 Å². The van der Waals surface area contributed by atoms with E-state index in [1.54, 1.807) is 12.1 Å². The van der Waals surface area contributed by atoms with Crippen LogP contribution in [0.5, 0.6) is 0 Å². The Morgan fingerprint density at radius 3 is 2.77 bits per heavy atom. The van der Waals surface area contributed by atoms with Crippen molar-refractivity contribution in [3.63, 3.8) is 0 Å². The highest BCUT2D eigenvalue weighted by atomic mass is 19.1. The smallest absolute Gasteiger partial charge is 0.255 e. The molecule has 0 bridgehead atoms. The molecule has 1 aliphatic heterocycles. The molecule has 1 amide bonds. The van der Waals surface area contributed by atoms with E-state index >= 15 is 0 Å². The average Bonchev–Trinajstić information content (AvgIpc) is 2.64. The zero-order valence-corrected chi connectivity index (χ0v) is 15.3. The van der Waals surface area contributed by atoms with Crippen LogP contribution < -0.4 is 0 Å². The van der Waals surface area contributed by atoms with Gasteiger partial charge in [-0.15, -0.1) is 0 Å². The second kappa shape index (κ2) is 7.18. The molecule has 2 aliphatic rings. The van der Waals surface area contributed by atoms with Crippen LogP contribution in [0.3, 0.4) is 0 Å². The van der Waals surface area contributed by atoms with Gasteiger partial charge in [0.25, 0.3) is 5.91 Å². The fraction of sp³-hybridized carbons (Fsp3) is 0.455. The Kier molecular flexibility index (Phi) is 4.75. The molecule has 136 valence electrons. The number of halogens is 1. The van der Waals surface area contributed by atoms with Crippen LogP contribution in [-0.4, -0.2) is 28.4 Å². The summed E-state index contributed by atoms with van der Waals surface area (Å²) in [6.45, 7) is 2.76. The van der Waals surface area contributed by atoms with Gasteiger partial charge in [-0.25, -0.2) is 4.39 Å². The third-order valence-corrected chi connectivity index (χ3v) is 5.78. The number of carbonyl (C=O) groups is 1. The summed E-state index contributed by atoms with van der Waals surface area (Å²) in [5.41, 5.74) is 4.52. The van der Waals surface area contributed by atoms with E-state index in [-0.39, 0.29) is 11.7 Å². The molecule has 1 aromatic heterocycles. The quantitative estimate of drug-likeness (QED) is 0.818. The molecule has 1 fully saturated rings. The van der Waals surface area contributed by atoms with Crippen LogP contribution in [0, 0.1) is 12.7 Å². The molecule has 26 heavy (non-hydrogen) atoms. The molecular weight excluding hydrogens is 327 g/mol. The molecule has 1 aromatic carbocycles. The molecule has 1 saturated carbocycles. The number of benzene rings is 1. The minimum absolute atomic E-state index is 0.131. The molecule has 3 nitrogen and oxygen atoms in total. The Morgan fingerprint density at radius 2 is 2.00 bits per heavy atom. The Bertz CT molecular complexity index is 827. The van der Waals surface area contributed by atoms with E-state index in [9.17, 15) is 9.18 Å². The van der Waals surface area contributed by atoms with Gasteiger partial charge in [-0.1, -0.05) is 31.4 Å². The van der Waals surface area contributed by atoms with Crippen LogP contribution >= 0.6 is 0 Å². The number of hydrogen-bond donors (Lipinski definition) is 0. The molecule has 0 N–H and O–H groups in total. The van der Waals surface area contributed by atoms with E-state index in [1.165, 1.54) is 25.3 Å². The monoisotopic (exact) mass is 352 g/mol. The van der Waals surface area contributed by atoms with Gasteiger partial charge in [-0.2, -0.15) is 0 Å². The zero-order chi connectivity index (χ0) is 18.1. The number of carbonyl (C=O) groups excluding carboxylic acids is 1. The van der Waals surface area contributed by atoms with Crippen molar-refractivity contribution in [2.45, 2.75) is 57.9 Å². The van der Waals surface area contributed by atoms with Gasteiger partial charge in [-0.05, 0) is 55.5 Å². The van der Waals surface area contributed by atoms with Gasteiger partial charge in [-0.3, -0.25) is 9.78 Å². The molecule has 0 saturated heterocycles. The number of nitrogens with zero attached hydrogens (tertiary/aromatic N) is 2. The van der Waals surface area contributed by atoms with E-state index in [4.69, 9.17) is 4.98 Å². The Morgan fingerprint density at radius 1 is 1.19 bits per heavy atom. The fourth-order valence-electron chi connectivity index (χ4n) is 4.34. The first-order chi connectivity index (χ1) is 12.6. The van der Waals surface area contributed by atoms with Gasteiger partial charge in [0.05, 0.1) is 11.3 Å². The van der Waals surface area contributed by atoms with Crippen molar-refractivity contribution in [3.05, 3.63) is 64.2 Å². The van der Waals surface area contributed by atoms with E-state index in [1.807, 2.05) is 19.1 Å². The molecule has 2 aromatic rings. The van der Waals surface area contributed by atoms with Crippen LogP contribution in [-0.2, 0) is 12.8 Å². The topological polar surface area (TPSA) is 33.2 Å². The second-order valence-corrected chi connectivity index (χ2v) is 7.57. The molecule has 0 unspecified atom stereocenters. The van der Waals surface area contributed by atoms with E-state index in [0.29, 0.717) is 12.5 Å². The predicted molar refractivity (Wildman–Crippen MR) is 99.8 cm³/mol. The van der Waals surface area contributed by atoms with Crippen molar-refractivity contribution in [1.82, 2.24) is 9.88 Å². The summed E-state index contributed by atoms with van der Waals surface area (Å²) in [6, 6.07) is 9.03. The van der Waals surface area contributed by atoms with E-state index in [0.717, 1.165) is 53.9 Å². The third-order valence-electron chi connectivity index (χ3n) is 5.78. The first kappa shape index (κ1) is 17.2. The van der Waals surface area contributed by atoms with E-state index < -0.39 is 0 Å². The minimum atomic E-state index is -0.231. The molecule has 0 radical (unpaired) electrons. The largest absolute Gasteiger partial charge is 0.335 e. The summed E-state index contributed by atoms with van der Waals surface area (Å²) >= 11 is 0. The third kappa shape index (κ3) is 3.37. The highest BCUT2D eigenvalue weighted by molar-refractivity contribution is 5.96. The summed E-state index contributed by atoms with van der Waals surface area (Å²) in [5, 5.41) is 0. The highest BCUT2D eigenvalue weighted by Gasteiger charge is 2.31. The fourth-order valence-corrected chi connectivity index (χ4v) is 4.34. The van der Waals surface area contributed by atoms with Crippen LogP contribution in [0.15, 0.2) is 30.3 Å². The predicted octanol–water partition coefficient (Wildman–Crippen LogP) is 4.45. The summed E-state index contributed by atoms with van der Waals surface area (Å²) < 4.78 is 13.5. The zero-order valence-electron chi connectivity index (χ0n) is 15.3. The average molecular weight is 352 g/mol. The van der Waals surface area contributed by atoms with Gasteiger partial charge >= 0.3 is 0 Å². The maximum atomic E-state index is 13.5. The number of amides is 1. The number of aryl methyl sites for hydroxylation is 1. The SMILES string of the molecule is Cc1nc2c(cc1Cc1cccc(F)c1)C(=O)N(C1CCCCC1)CC2. The molecule has 1 aliphatic carbocycles. The molecule has 4 rings (SSSR count). The van der Waals surface area contributed by atoms with Gasteiger partial charge in [0, 0.05) is 24.7 Å². The number of hydrogen-bond acceptors (Lipinski definition) is 2. The standard InChI is InChI=1S/C22H25FN2O/c1-15-17(12-16-6-5-7-18(23)13-16)14-20-21(24-15)10-11-25(22(20)26)19-8-3-2-4-9-19/h5-7,13-14,19H,2-4,8-12H2,1H3. The summed E-state index contributed by atoms with van der Waals surface area (Å²) in [7, 11) is 0. The Labute approximate surface area is 154 Å². The first-order valence-electron chi connectivity index (χ1n) is 9.66. The maximum absolute atomic E-state index is 13.5.